The number of benzene rings is 8. The summed E-state index contributed by atoms with van der Waals surface area (Å²) in [5, 5.41) is 0. The number of esters is 14. The van der Waals surface area contributed by atoms with E-state index in [1.165, 1.54) is 103 Å². The molecule has 0 aromatic heterocycles. The van der Waals surface area contributed by atoms with Crippen molar-refractivity contribution >= 4 is 101 Å². The van der Waals surface area contributed by atoms with Crippen LogP contribution in [0.1, 0.15) is 206 Å². The fourth-order valence-electron chi connectivity index (χ4n) is 11.1. The molecule has 97 heavy (non-hydrogen) atoms. The van der Waals surface area contributed by atoms with Crippen molar-refractivity contribution in [2.45, 2.75) is 24.9 Å². The minimum atomic E-state index is -4.80. The van der Waals surface area contributed by atoms with Crippen LogP contribution >= 0.6 is 0 Å². The van der Waals surface area contributed by atoms with E-state index < -0.39 is 113 Å². The molecular weight excluding hydrogens is 1290 g/mol. The molecule has 0 bridgehead atoms. The number of alkyl halides is 3. The van der Waals surface area contributed by atoms with Crippen molar-refractivity contribution in [1.82, 2.24) is 0 Å². The van der Waals surface area contributed by atoms with Crippen molar-refractivity contribution in [3.8, 4) is 22.6 Å². The number of rotatable bonds is 7. The molecule has 0 N–H and O–H groups in total. The third-order valence-electron chi connectivity index (χ3n) is 16.2. The van der Waals surface area contributed by atoms with Gasteiger partial charge in [-0.15, -0.1) is 0 Å². The Balaban J connectivity index is 0.000000117. The van der Waals surface area contributed by atoms with Gasteiger partial charge in [-0.2, -0.15) is 13.2 Å². The Kier molecular flexibility index (Phi) is 14.7. The van der Waals surface area contributed by atoms with E-state index in [0.29, 0.717) is 11.1 Å². The normalized spacial score (nSPS) is 16.0. The molecular formula is C69H29F3O25. The fourth-order valence-corrected chi connectivity index (χ4v) is 11.1. The van der Waals surface area contributed by atoms with Gasteiger partial charge in [0.1, 0.15) is 16.9 Å². The van der Waals surface area contributed by atoms with Gasteiger partial charge in [0, 0.05) is 22.3 Å². The number of hydrogen-bond donors (Lipinski definition) is 0. The third-order valence-corrected chi connectivity index (χ3v) is 16.2. The molecule has 0 amide bonds. The average Bonchev–Trinajstić information content (AvgIpc) is 1.66. The van der Waals surface area contributed by atoms with Gasteiger partial charge in [0.15, 0.2) is 17.3 Å². The van der Waals surface area contributed by atoms with Crippen LogP contribution < -0.4 is 4.74 Å². The summed E-state index contributed by atoms with van der Waals surface area (Å²) in [7, 11) is 0. The summed E-state index contributed by atoms with van der Waals surface area (Å²) in [6.45, 7) is 0.916. The maximum Gasteiger partial charge on any atom is 0.402 e. The molecule has 8 aliphatic rings. The van der Waals surface area contributed by atoms with Crippen LogP contribution in [-0.2, 0) is 38.6 Å². The molecule has 0 radical (unpaired) electrons. The van der Waals surface area contributed by atoms with Crippen molar-refractivity contribution in [3.05, 3.63) is 257 Å². The predicted octanol–water partition coefficient (Wildman–Crippen LogP) is 9.25. The number of carbonyl (C=O) groups excluding carboxylic acids is 17. The number of hydrogen-bond acceptors (Lipinski definition) is 25. The molecule has 1 atom stereocenters. The number of halogens is 3. The highest BCUT2D eigenvalue weighted by atomic mass is 19.4. The van der Waals surface area contributed by atoms with Crippen molar-refractivity contribution in [3.63, 3.8) is 0 Å². The van der Waals surface area contributed by atoms with Gasteiger partial charge in [-0.25, -0.2) is 67.1 Å². The second-order valence-corrected chi connectivity index (χ2v) is 21.8. The van der Waals surface area contributed by atoms with Gasteiger partial charge in [-0.05, 0) is 132 Å². The summed E-state index contributed by atoms with van der Waals surface area (Å²) in [6.07, 6.45) is -5.16. The topological polar surface area (TPSA) is 364 Å². The maximum atomic E-state index is 14.2. The van der Waals surface area contributed by atoms with Crippen LogP contribution in [0.5, 0.6) is 11.5 Å². The van der Waals surface area contributed by atoms with Crippen LogP contribution in [-0.4, -0.2) is 107 Å². The van der Waals surface area contributed by atoms with E-state index in [4.69, 9.17) is 4.74 Å². The molecule has 28 heteroatoms. The first-order chi connectivity index (χ1) is 46.1. The van der Waals surface area contributed by atoms with Crippen LogP contribution in [0, 0.1) is 0 Å². The van der Waals surface area contributed by atoms with E-state index in [1.807, 2.05) is 0 Å². The van der Waals surface area contributed by atoms with Gasteiger partial charge in [0.2, 0.25) is 0 Å². The van der Waals surface area contributed by atoms with Crippen molar-refractivity contribution < 1.29 is 133 Å². The molecule has 476 valence electrons. The molecule has 0 spiro atoms. The molecule has 8 aromatic rings. The zero-order valence-electron chi connectivity index (χ0n) is 48.4. The van der Waals surface area contributed by atoms with Crippen LogP contribution in [0.3, 0.4) is 0 Å². The molecule has 16 rings (SSSR count). The zero-order valence-corrected chi connectivity index (χ0v) is 48.4. The predicted molar refractivity (Wildman–Crippen MR) is 308 cm³/mol. The Hall–Kier alpha value is -13.7. The second kappa shape index (κ2) is 22.9. The first-order valence-electron chi connectivity index (χ1n) is 27.9. The molecule has 7 heterocycles. The Morgan fingerprint density at radius 1 is 0.299 bits per heavy atom. The van der Waals surface area contributed by atoms with Gasteiger partial charge < -0.3 is 37.9 Å². The van der Waals surface area contributed by atoms with E-state index in [-0.39, 0.29) is 129 Å². The van der Waals surface area contributed by atoms with E-state index in [0.717, 1.165) is 37.3 Å². The quantitative estimate of drug-likeness (QED) is 0.0620. The van der Waals surface area contributed by atoms with Crippen molar-refractivity contribution in [1.29, 1.82) is 0 Å². The lowest BCUT2D eigenvalue weighted by Crippen LogP contribution is -2.41. The highest BCUT2D eigenvalue weighted by molar-refractivity contribution is 6.25. The number of cyclic esters (lactones) is 14. The summed E-state index contributed by atoms with van der Waals surface area (Å²) >= 11 is 0. The first-order valence-corrected chi connectivity index (χ1v) is 27.9. The smallest absolute Gasteiger partial charge is 0.402 e. The van der Waals surface area contributed by atoms with Gasteiger partial charge in [0.25, 0.3) is 0 Å². The summed E-state index contributed by atoms with van der Waals surface area (Å²) < 4.78 is 79.6. The molecule has 0 saturated carbocycles. The summed E-state index contributed by atoms with van der Waals surface area (Å²) in [6, 6.07) is 32.5. The van der Waals surface area contributed by atoms with Crippen LogP contribution in [0.25, 0.3) is 11.1 Å². The van der Waals surface area contributed by atoms with E-state index in [1.54, 1.807) is 12.1 Å². The van der Waals surface area contributed by atoms with Crippen molar-refractivity contribution in [2.24, 2.45) is 0 Å². The Morgan fingerprint density at radius 2 is 0.557 bits per heavy atom. The van der Waals surface area contributed by atoms with E-state index in [9.17, 15) is 94.7 Å². The van der Waals surface area contributed by atoms with Gasteiger partial charge in [-0.1, -0.05) is 42.5 Å². The average molecular weight is 1310 g/mol. The number of carbonyl (C=O) groups is 17. The van der Waals surface area contributed by atoms with Crippen LogP contribution in [0.4, 0.5) is 13.2 Å². The SMILES string of the molecule is C[C@@](c1ccc2c(c1)C(=O)CC2=O)(c1ccc2c(c1)C(=O)OC2=O)C(F)(F)F.O=C(c1ccc2c(c1)C(=O)OC2=O)c1ccc2c(c1)C(=O)OC2=O.O=C1OC(=O)c2cc(-c3ccc4c(c3)C(=O)OC4=O)ccc21.O=C1OC(=O)c2cc(Oc3ccc4c(c3)C(=O)OC4=O)ccc21. The molecule has 0 fully saturated rings. The molecule has 0 saturated heterocycles. The lowest BCUT2D eigenvalue weighted by atomic mass is 9.74. The number of fused-ring (bicyclic) bond motifs is 8. The highest BCUT2D eigenvalue weighted by Gasteiger charge is 2.55. The fraction of sp³-hybridized carbons (Fsp3) is 0.0580. The van der Waals surface area contributed by atoms with Gasteiger partial charge in [0.05, 0.1) is 84.3 Å². The van der Waals surface area contributed by atoms with Crippen LogP contribution in [0.2, 0.25) is 0 Å². The minimum absolute atomic E-state index is 0.0154. The Morgan fingerprint density at radius 3 is 0.907 bits per heavy atom. The molecule has 0 unspecified atom stereocenters. The molecule has 1 aliphatic carbocycles. The molecule has 25 nitrogen and oxygen atoms in total. The van der Waals surface area contributed by atoms with E-state index in [2.05, 4.69) is 33.2 Å². The Bertz CT molecular complexity index is 4910. The summed E-state index contributed by atoms with van der Waals surface area (Å²) in [4.78, 5) is 197. The van der Waals surface area contributed by atoms with Crippen LogP contribution in [0.15, 0.2) is 146 Å². The molecule has 8 aromatic carbocycles. The summed E-state index contributed by atoms with van der Waals surface area (Å²) in [5.41, 5.74) is -0.288. The number of ether oxygens (including phenoxy) is 8. The summed E-state index contributed by atoms with van der Waals surface area (Å²) in [5.74, 6) is -11.5. The van der Waals surface area contributed by atoms with Crippen molar-refractivity contribution in [2.75, 3.05) is 0 Å². The first kappa shape index (κ1) is 62.2. The van der Waals surface area contributed by atoms with Gasteiger partial charge >= 0.3 is 89.7 Å². The lowest BCUT2D eigenvalue weighted by molar-refractivity contribution is -0.173. The monoisotopic (exact) mass is 1310 g/mol. The number of Topliss-reactive ketones (excluding diaryl/α,β-unsaturated/α-hetero) is 2. The Labute approximate surface area is 536 Å². The minimum Gasteiger partial charge on any atom is -0.457 e. The largest absolute Gasteiger partial charge is 0.457 e. The zero-order chi connectivity index (χ0) is 69.0. The molecule has 7 aliphatic heterocycles. The second-order valence-electron chi connectivity index (χ2n) is 21.8. The lowest BCUT2D eigenvalue weighted by Gasteiger charge is -2.33. The standard InChI is InChI=1S/C20H11F3O5.C17H6O7.C16H6O7.C16H6O6/c1-19(20(21,22)23,9-2-4-11-13(6-9)16(25)8-15(11)24)10-3-5-12-14(7-10)18(27)28-17(12)26;18-13(7-1-3-9-11(5-7)16(21)23-14(9)19)8-2-4-10-12(6-8)17(22)24-15(10)20;17-13-9-3-1-7(5-11(9)15(19)22-13)21-8-2-4-10-12(6-8)16(20)23-14(10)18;17-13-9-3-1-7(5-11(9)15(19)21-13)8-2-4-10-12(6-8)16(20)22-14(10)18/h2-7H,8H2,1H3;1-6H;1-6H;1-6H/t19-;;;/m1.../s1. The third kappa shape index (κ3) is 10.7. The highest BCUT2D eigenvalue weighted by Crippen LogP contribution is 2.48. The number of ketones is 3. The van der Waals surface area contributed by atoms with Gasteiger partial charge in [-0.3, -0.25) is 14.4 Å². The van der Waals surface area contributed by atoms with E-state index >= 15 is 0 Å². The maximum absolute atomic E-state index is 14.2.